The molecule has 0 atom stereocenters. The SMILES string of the molecule is Cc1ccc(-c2cc(C(=O)N3CCN(c4ccc(Cl)cc4)CC3)c(C)[nH]2)cc1C. The number of amides is 1. The number of aromatic amines is 1. The van der Waals surface area contributed by atoms with Gasteiger partial charge < -0.3 is 14.8 Å². The molecule has 3 aromatic rings. The summed E-state index contributed by atoms with van der Waals surface area (Å²) in [5, 5.41) is 0.741. The Labute approximate surface area is 177 Å². The molecule has 0 unspecified atom stereocenters. The van der Waals surface area contributed by atoms with E-state index in [2.05, 4.69) is 41.9 Å². The summed E-state index contributed by atoms with van der Waals surface area (Å²) in [6, 6.07) is 16.3. The van der Waals surface area contributed by atoms with Crippen molar-refractivity contribution >= 4 is 23.2 Å². The summed E-state index contributed by atoms with van der Waals surface area (Å²) < 4.78 is 0. The van der Waals surface area contributed by atoms with Gasteiger partial charge in [-0.05, 0) is 73.9 Å². The van der Waals surface area contributed by atoms with Crippen LogP contribution in [-0.4, -0.2) is 42.0 Å². The van der Waals surface area contributed by atoms with Crippen LogP contribution < -0.4 is 4.90 Å². The zero-order valence-corrected chi connectivity index (χ0v) is 17.9. The van der Waals surface area contributed by atoms with Crippen LogP contribution in [0, 0.1) is 20.8 Å². The minimum Gasteiger partial charge on any atom is -0.368 e. The van der Waals surface area contributed by atoms with E-state index in [1.807, 2.05) is 42.2 Å². The van der Waals surface area contributed by atoms with Gasteiger partial charge in [0, 0.05) is 48.3 Å². The average molecular weight is 408 g/mol. The first-order chi connectivity index (χ1) is 13.9. The first-order valence-electron chi connectivity index (χ1n) is 9.99. The Morgan fingerprint density at radius 2 is 1.59 bits per heavy atom. The van der Waals surface area contributed by atoms with Gasteiger partial charge in [-0.1, -0.05) is 23.7 Å². The highest BCUT2D eigenvalue weighted by Crippen LogP contribution is 2.26. The highest BCUT2D eigenvalue weighted by atomic mass is 35.5. The largest absolute Gasteiger partial charge is 0.368 e. The molecule has 1 aromatic heterocycles. The lowest BCUT2D eigenvalue weighted by Crippen LogP contribution is -2.48. The number of rotatable bonds is 3. The molecule has 0 aliphatic carbocycles. The number of benzene rings is 2. The van der Waals surface area contributed by atoms with Crippen molar-refractivity contribution in [2.45, 2.75) is 20.8 Å². The van der Waals surface area contributed by atoms with Gasteiger partial charge >= 0.3 is 0 Å². The second kappa shape index (κ2) is 7.96. The second-order valence-corrected chi connectivity index (χ2v) is 8.21. The first kappa shape index (κ1) is 19.6. The quantitative estimate of drug-likeness (QED) is 0.646. The molecule has 29 heavy (non-hydrogen) atoms. The third kappa shape index (κ3) is 4.03. The van der Waals surface area contributed by atoms with E-state index in [-0.39, 0.29) is 5.91 Å². The number of hydrogen-bond acceptors (Lipinski definition) is 2. The summed E-state index contributed by atoms with van der Waals surface area (Å²) in [6.45, 7) is 9.26. The van der Waals surface area contributed by atoms with Gasteiger partial charge in [0.25, 0.3) is 5.91 Å². The zero-order chi connectivity index (χ0) is 20.5. The van der Waals surface area contributed by atoms with Crippen molar-refractivity contribution in [3.63, 3.8) is 0 Å². The van der Waals surface area contributed by atoms with Crippen LogP contribution in [0.4, 0.5) is 5.69 Å². The van der Waals surface area contributed by atoms with Gasteiger partial charge in [0.2, 0.25) is 0 Å². The second-order valence-electron chi connectivity index (χ2n) is 7.78. The molecule has 1 amide bonds. The molecule has 0 spiro atoms. The lowest BCUT2D eigenvalue weighted by Gasteiger charge is -2.36. The van der Waals surface area contributed by atoms with Crippen molar-refractivity contribution in [2.24, 2.45) is 0 Å². The number of aromatic nitrogens is 1. The number of halogens is 1. The van der Waals surface area contributed by atoms with Crippen LogP contribution in [0.3, 0.4) is 0 Å². The topological polar surface area (TPSA) is 39.3 Å². The maximum Gasteiger partial charge on any atom is 0.255 e. The molecular formula is C24H26ClN3O. The predicted molar refractivity (Wildman–Crippen MR) is 120 cm³/mol. The van der Waals surface area contributed by atoms with E-state index in [0.717, 1.165) is 46.3 Å². The smallest absolute Gasteiger partial charge is 0.255 e. The molecule has 1 aliphatic heterocycles. The molecule has 0 radical (unpaired) electrons. The number of anilines is 1. The van der Waals surface area contributed by atoms with Crippen LogP contribution in [0.2, 0.25) is 5.02 Å². The summed E-state index contributed by atoms with van der Waals surface area (Å²) in [5.41, 5.74) is 7.46. The normalized spacial score (nSPS) is 14.3. The molecule has 1 fully saturated rings. The van der Waals surface area contributed by atoms with Crippen molar-refractivity contribution in [2.75, 3.05) is 31.1 Å². The highest BCUT2D eigenvalue weighted by molar-refractivity contribution is 6.30. The van der Waals surface area contributed by atoms with E-state index >= 15 is 0 Å². The first-order valence-corrected chi connectivity index (χ1v) is 10.4. The minimum atomic E-state index is 0.101. The maximum atomic E-state index is 13.1. The van der Waals surface area contributed by atoms with E-state index in [4.69, 9.17) is 11.6 Å². The Morgan fingerprint density at radius 1 is 0.897 bits per heavy atom. The monoisotopic (exact) mass is 407 g/mol. The zero-order valence-electron chi connectivity index (χ0n) is 17.1. The molecule has 2 heterocycles. The van der Waals surface area contributed by atoms with Gasteiger partial charge in [-0.2, -0.15) is 0 Å². The molecule has 2 aromatic carbocycles. The molecule has 1 N–H and O–H groups in total. The number of nitrogens with one attached hydrogen (secondary N) is 1. The number of nitrogens with zero attached hydrogens (tertiary/aromatic N) is 2. The van der Waals surface area contributed by atoms with Gasteiger partial charge in [0.15, 0.2) is 0 Å². The van der Waals surface area contributed by atoms with Crippen molar-refractivity contribution in [1.29, 1.82) is 0 Å². The van der Waals surface area contributed by atoms with Gasteiger partial charge in [0.1, 0.15) is 0 Å². The van der Waals surface area contributed by atoms with Gasteiger partial charge in [-0.3, -0.25) is 4.79 Å². The fraction of sp³-hybridized carbons (Fsp3) is 0.292. The summed E-state index contributed by atoms with van der Waals surface area (Å²) in [4.78, 5) is 20.8. The fourth-order valence-corrected chi connectivity index (χ4v) is 3.96. The van der Waals surface area contributed by atoms with Crippen molar-refractivity contribution in [3.05, 3.63) is 75.9 Å². The molecule has 4 rings (SSSR count). The molecule has 5 heteroatoms. The van der Waals surface area contributed by atoms with Gasteiger partial charge in [-0.15, -0.1) is 0 Å². The van der Waals surface area contributed by atoms with Crippen molar-refractivity contribution in [3.8, 4) is 11.3 Å². The lowest BCUT2D eigenvalue weighted by molar-refractivity contribution is 0.0746. The number of carbonyl (C=O) groups excluding carboxylic acids is 1. The molecule has 1 aliphatic rings. The van der Waals surface area contributed by atoms with Crippen LogP contribution in [0.5, 0.6) is 0 Å². The Balaban J connectivity index is 1.47. The van der Waals surface area contributed by atoms with E-state index < -0.39 is 0 Å². The molecular weight excluding hydrogens is 382 g/mol. The molecule has 150 valence electrons. The van der Waals surface area contributed by atoms with Crippen molar-refractivity contribution in [1.82, 2.24) is 9.88 Å². The van der Waals surface area contributed by atoms with E-state index in [0.29, 0.717) is 13.1 Å². The number of aryl methyl sites for hydroxylation is 3. The molecule has 1 saturated heterocycles. The Hall–Kier alpha value is -2.72. The Bertz CT molecular complexity index is 1030. The van der Waals surface area contributed by atoms with Crippen molar-refractivity contribution < 1.29 is 4.79 Å². The van der Waals surface area contributed by atoms with E-state index in [1.165, 1.54) is 11.1 Å². The third-order valence-corrected chi connectivity index (χ3v) is 6.07. The summed E-state index contributed by atoms with van der Waals surface area (Å²) in [6.07, 6.45) is 0. The van der Waals surface area contributed by atoms with Gasteiger partial charge in [-0.25, -0.2) is 0 Å². The number of H-pyrrole nitrogens is 1. The summed E-state index contributed by atoms with van der Waals surface area (Å²) in [5.74, 6) is 0.101. The number of piperazine rings is 1. The minimum absolute atomic E-state index is 0.101. The van der Waals surface area contributed by atoms with Crippen LogP contribution in [0.25, 0.3) is 11.3 Å². The predicted octanol–water partition coefficient (Wildman–Crippen LogP) is 5.22. The maximum absolute atomic E-state index is 13.1. The standard InChI is InChI=1S/C24H26ClN3O/c1-16-4-5-19(14-17(16)2)23-15-22(18(3)26-23)24(29)28-12-10-27(11-13-28)21-8-6-20(25)7-9-21/h4-9,14-15,26H,10-13H2,1-3H3. The highest BCUT2D eigenvalue weighted by Gasteiger charge is 2.24. The number of hydrogen-bond donors (Lipinski definition) is 1. The lowest BCUT2D eigenvalue weighted by atomic mass is 10.0. The van der Waals surface area contributed by atoms with E-state index in [1.54, 1.807) is 0 Å². The van der Waals surface area contributed by atoms with Gasteiger partial charge in [0.05, 0.1) is 5.56 Å². The van der Waals surface area contributed by atoms with Crippen LogP contribution in [-0.2, 0) is 0 Å². The average Bonchev–Trinajstić information content (AvgIpc) is 3.12. The summed E-state index contributed by atoms with van der Waals surface area (Å²) >= 11 is 5.99. The molecule has 0 bridgehead atoms. The third-order valence-electron chi connectivity index (χ3n) is 5.82. The van der Waals surface area contributed by atoms with Crippen LogP contribution in [0.1, 0.15) is 27.2 Å². The Morgan fingerprint density at radius 3 is 2.24 bits per heavy atom. The molecule has 4 nitrogen and oxygen atoms in total. The van der Waals surface area contributed by atoms with Crippen LogP contribution in [0.15, 0.2) is 48.5 Å². The fourth-order valence-electron chi connectivity index (χ4n) is 3.83. The van der Waals surface area contributed by atoms with E-state index in [9.17, 15) is 4.79 Å². The number of carbonyl (C=O) groups is 1. The Kier molecular flexibility index (Phi) is 5.37. The van der Waals surface area contributed by atoms with Crippen LogP contribution >= 0.6 is 11.6 Å². The summed E-state index contributed by atoms with van der Waals surface area (Å²) in [7, 11) is 0. The molecule has 0 saturated carbocycles.